The van der Waals surface area contributed by atoms with Crippen LogP contribution in [-0.2, 0) is 4.74 Å². The fourth-order valence-corrected chi connectivity index (χ4v) is 2.40. The van der Waals surface area contributed by atoms with Crippen molar-refractivity contribution in [2.24, 2.45) is 0 Å². The Kier molecular flexibility index (Phi) is 5.19. The van der Waals surface area contributed by atoms with Crippen LogP contribution >= 0.6 is 0 Å². The van der Waals surface area contributed by atoms with E-state index in [-0.39, 0.29) is 12.7 Å². The number of hydrogen-bond donors (Lipinski definition) is 1. The second-order valence-electron chi connectivity index (χ2n) is 5.15. The van der Waals surface area contributed by atoms with Crippen LogP contribution in [0.4, 0.5) is 0 Å². The summed E-state index contributed by atoms with van der Waals surface area (Å²) in [4.78, 5) is 2.27. The second-order valence-corrected chi connectivity index (χ2v) is 5.15. The first kappa shape index (κ1) is 14.3. The molecular formula is C15H23NO3. The molecule has 0 radical (unpaired) electrons. The fourth-order valence-electron chi connectivity index (χ4n) is 2.40. The normalized spacial score (nSPS) is 20.5. The van der Waals surface area contributed by atoms with Crippen LogP contribution in [0.1, 0.15) is 11.1 Å². The Balaban J connectivity index is 1.76. The van der Waals surface area contributed by atoms with Gasteiger partial charge in [-0.05, 0) is 37.1 Å². The van der Waals surface area contributed by atoms with Gasteiger partial charge in [0, 0.05) is 19.6 Å². The zero-order valence-corrected chi connectivity index (χ0v) is 11.8. The molecule has 0 amide bonds. The standard InChI is InChI=1S/C15H23NO3/c1-12-7-13(2)9-14(8-12)18-5-3-16-4-6-19-15(10-16)11-17/h7-9,15,17H,3-6,10-11H2,1-2H3. The van der Waals surface area contributed by atoms with Crippen molar-refractivity contribution < 1.29 is 14.6 Å². The van der Waals surface area contributed by atoms with Gasteiger partial charge in [0.1, 0.15) is 12.4 Å². The highest BCUT2D eigenvalue weighted by Crippen LogP contribution is 2.16. The van der Waals surface area contributed by atoms with E-state index in [0.717, 1.165) is 25.4 Å². The molecule has 0 aliphatic carbocycles. The Morgan fingerprint density at radius 2 is 2.05 bits per heavy atom. The Bertz CT molecular complexity index is 388. The minimum Gasteiger partial charge on any atom is -0.492 e. The quantitative estimate of drug-likeness (QED) is 0.873. The molecule has 1 aromatic rings. The van der Waals surface area contributed by atoms with E-state index >= 15 is 0 Å². The molecule has 1 heterocycles. The summed E-state index contributed by atoms with van der Waals surface area (Å²) in [7, 11) is 0. The Morgan fingerprint density at radius 1 is 1.32 bits per heavy atom. The molecule has 4 nitrogen and oxygen atoms in total. The third-order valence-corrected chi connectivity index (χ3v) is 3.30. The van der Waals surface area contributed by atoms with Crippen molar-refractivity contribution in [1.82, 2.24) is 4.90 Å². The van der Waals surface area contributed by atoms with Gasteiger partial charge in [0.15, 0.2) is 0 Å². The Morgan fingerprint density at radius 3 is 2.74 bits per heavy atom. The molecule has 1 aromatic carbocycles. The van der Waals surface area contributed by atoms with Crippen LogP contribution < -0.4 is 4.74 Å². The highest BCUT2D eigenvalue weighted by Gasteiger charge is 2.19. The summed E-state index contributed by atoms with van der Waals surface area (Å²) in [5, 5.41) is 9.09. The largest absolute Gasteiger partial charge is 0.492 e. The lowest BCUT2D eigenvalue weighted by molar-refractivity contribution is -0.0547. The highest BCUT2D eigenvalue weighted by molar-refractivity contribution is 5.32. The molecule has 1 aliphatic rings. The van der Waals surface area contributed by atoms with Crippen LogP contribution in [0.15, 0.2) is 18.2 Å². The summed E-state index contributed by atoms with van der Waals surface area (Å²) in [5.41, 5.74) is 2.45. The smallest absolute Gasteiger partial charge is 0.119 e. The van der Waals surface area contributed by atoms with Gasteiger partial charge in [-0.2, -0.15) is 0 Å². The maximum atomic E-state index is 9.09. The van der Waals surface area contributed by atoms with Gasteiger partial charge in [-0.1, -0.05) is 6.07 Å². The third kappa shape index (κ3) is 4.49. The second kappa shape index (κ2) is 6.89. The van der Waals surface area contributed by atoms with E-state index < -0.39 is 0 Å². The predicted octanol–water partition coefficient (Wildman–Crippen LogP) is 1.38. The number of aliphatic hydroxyl groups excluding tert-OH is 1. The summed E-state index contributed by atoms with van der Waals surface area (Å²) in [5.74, 6) is 0.935. The zero-order valence-electron chi connectivity index (χ0n) is 11.8. The van der Waals surface area contributed by atoms with E-state index in [1.54, 1.807) is 0 Å². The third-order valence-electron chi connectivity index (χ3n) is 3.30. The molecule has 0 spiro atoms. The van der Waals surface area contributed by atoms with E-state index in [2.05, 4.69) is 36.9 Å². The van der Waals surface area contributed by atoms with Crippen molar-refractivity contribution in [2.45, 2.75) is 20.0 Å². The molecule has 2 rings (SSSR count). The van der Waals surface area contributed by atoms with Gasteiger partial charge in [0.2, 0.25) is 0 Å². The first-order valence-corrected chi connectivity index (χ1v) is 6.83. The van der Waals surface area contributed by atoms with E-state index in [9.17, 15) is 0 Å². The molecule has 19 heavy (non-hydrogen) atoms. The van der Waals surface area contributed by atoms with Crippen molar-refractivity contribution in [3.05, 3.63) is 29.3 Å². The van der Waals surface area contributed by atoms with Gasteiger partial charge in [-0.15, -0.1) is 0 Å². The summed E-state index contributed by atoms with van der Waals surface area (Å²) in [6, 6.07) is 6.26. The monoisotopic (exact) mass is 265 g/mol. The van der Waals surface area contributed by atoms with E-state index in [4.69, 9.17) is 14.6 Å². The maximum Gasteiger partial charge on any atom is 0.119 e. The minimum absolute atomic E-state index is 0.0463. The molecule has 0 aromatic heterocycles. The molecule has 106 valence electrons. The average molecular weight is 265 g/mol. The lowest BCUT2D eigenvalue weighted by Gasteiger charge is -2.31. The van der Waals surface area contributed by atoms with Crippen molar-refractivity contribution in [2.75, 3.05) is 39.5 Å². The molecule has 0 saturated carbocycles. The van der Waals surface area contributed by atoms with E-state index in [1.807, 2.05) is 0 Å². The average Bonchev–Trinajstić information content (AvgIpc) is 2.38. The molecule has 1 unspecified atom stereocenters. The lowest BCUT2D eigenvalue weighted by atomic mass is 10.1. The van der Waals surface area contributed by atoms with Gasteiger partial charge in [-0.25, -0.2) is 0 Å². The van der Waals surface area contributed by atoms with Crippen LogP contribution in [0, 0.1) is 13.8 Å². The Hall–Kier alpha value is -1.10. The summed E-state index contributed by atoms with van der Waals surface area (Å²) >= 11 is 0. The highest BCUT2D eigenvalue weighted by atomic mass is 16.5. The fraction of sp³-hybridized carbons (Fsp3) is 0.600. The van der Waals surface area contributed by atoms with Gasteiger partial charge in [0.25, 0.3) is 0 Å². The SMILES string of the molecule is Cc1cc(C)cc(OCCN2CCOC(CO)C2)c1. The van der Waals surface area contributed by atoms with Crippen molar-refractivity contribution in [3.63, 3.8) is 0 Å². The number of morpholine rings is 1. The first-order chi connectivity index (χ1) is 9.17. The maximum absolute atomic E-state index is 9.09. The molecule has 1 atom stereocenters. The lowest BCUT2D eigenvalue weighted by Crippen LogP contribution is -2.45. The van der Waals surface area contributed by atoms with Crippen LogP contribution in [0.3, 0.4) is 0 Å². The molecule has 4 heteroatoms. The number of ether oxygens (including phenoxy) is 2. The Labute approximate surface area is 114 Å². The molecule has 0 bridgehead atoms. The predicted molar refractivity (Wildman–Crippen MR) is 74.7 cm³/mol. The molecular weight excluding hydrogens is 242 g/mol. The van der Waals surface area contributed by atoms with Crippen LogP contribution in [0.5, 0.6) is 5.75 Å². The summed E-state index contributed by atoms with van der Waals surface area (Å²) in [6.07, 6.45) is -0.0463. The van der Waals surface area contributed by atoms with Crippen LogP contribution in [0.2, 0.25) is 0 Å². The number of rotatable bonds is 5. The number of nitrogens with zero attached hydrogens (tertiary/aromatic N) is 1. The molecule has 1 saturated heterocycles. The number of benzene rings is 1. The van der Waals surface area contributed by atoms with Crippen molar-refractivity contribution >= 4 is 0 Å². The molecule has 1 aliphatic heterocycles. The van der Waals surface area contributed by atoms with Crippen LogP contribution in [-0.4, -0.2) is 55.6 Å². The molecule has 1 N–H and O–H groups in total. The summed E-state index contributed by atoms with van der Waals surface area (Å²) in [6.45, 7) is 8.16. The molecule has 1 fully saturated rings. The first-order valence-electron chi connectivity index (χ1n) is 6.83. The van der Waals surface area contributed by atoms with E-state index in [1.165, 1.54) is 11.1 Å². The topological polar surface area (TPSA) is 41.9 Å². The number of hydrogen-bond acceptors (Lipinski definition) is 4. The van der Waals surface area contributed by atoms with Gasteiger partial charge in [-0.3, -0.25) is 4.90 Å². The van der Waals surface area contributed by atoms with Gasteiger partial charge < -0.3 is 14.6 Å². The number of aliphatic hydroxyl groups is 1. The van der Waals surface area contributed by atoms with Crippen molar-refractivity contribution in [1.29, 1.82) is 0 Å². The van der Waals surface area contributed by atoms with Crippen molar-refractivity contribution in [3.8, 4) is 5.75 Å². The number of aryl methyl sites for hydroxylation is 2. The summed E-state index contributed by atoms with van der Waals surface area (Å²) < 4.78 is 11.2. The van der Waals surface area contributed by atoms with Gasteiger partial charge in [0.05, 0.1) is 19.3 Å². The van der Waals surface area contributed by atoms with Crippen LogP contribution in [0.25, 0.3) is 0 Å². The zero-order chi connectivity index (χ0) is 13.7. The minimum atomic E-state index is -0.0463. The van der Waals surface area contributed by atoms with E-state index in [0.29, 0.717) is 13.2 Å². The van der Waals surface area contributed by atoms with Gasteiger partial charge >= 0.3 is 0 Å².